The molecule has 2 aromatic carbocycles. The minimum Gasteiger partial charge on any atom is -0.486 e. The average Bonchev–Trinajstić information content (AvgIpc) is 3.59. The molecule has 5 rings (SSSR count). The van der Waals surface area contributed by atoms with E-state index in [4.69, 9.17) is 9.15 Å². The summed E-state index contributed by atoms with van der Waals surface area (Å²) in [6.45, 7) is 4.49. The zero-order chi connectivity index (χ0) is 25.9. The second kappa shape index (κ2) is 10.6. The van der Waals surface area contributed by atoms with E-state index in [-0.39, 0.29) is 36.0 Å². The SMILES string of the molecule is CC(C)NC(=O)c1csc(COc2ccc3c(c2)[C@@H](c2ccc(F)cc2)N(C(=O)c2ccco2)CC3)n1. The lowest BCUT2D eigenvalue weighted by Crippen LogP contribution is -2.40. The summed E-state index contributed by atoms with van der Waals surface area (Å²) in [5.74, 6) is 0.0808. The summed E-state index contributed by atoms with van der Waals surface area (Å²) in [6, 6.07) is 14.9. The van der Waals surface area contributed by atoms with Gasteiger partial charge in [-0.2, -0.15) is 0 Å². The molecule has 0 spiro atoms. The monoisotopic (exact) mass is 519 g/mol. The summed E-state index contributed by atoms with van der Waals surface area (Å²) in [6.07, 6.45) is 2.14. The minimum atomic E-state index is -0.434. The highest BCUT2D eigenvalue weighted by atomic mass is 32.1. The summed E-state index contributed by atoms with van der Waals surface area (Å²) in [5.41, 5.74) is 3.16. The molecule has 1 aliphatic heterocycles. The van der Waals surface area contributed by atoms with E-state index in [0.29, 0.717) is 29.4 Å². The Morgan fingerprint density at radius 3 is 2.76 bits per heavy atom. The Hall–Kier alpha value is -3.98. The number of nitrogens with zero attached hydrogens (tertiary/aromatic N) is 2. The van der Waals surface area contributed by atoms with Crippen molar-refractivity contribution in [2.75, 3.05) is 6.54 Å². The maximum Gasteiger partial charge on any atom is 0.290 e. The summed E-state index contributed by atoms with van der Waals surface area (Å²) in [5, 5.41) is 5.22. The number of halogens is 1. The molecule has 1 atom stereocenters. The number of carbonyl (C=O) groups excluding carboxylic acids is 2. The van der Waals surface area contributed by atoms with Crippen LogP contribution in [0, 0.1) is 5.82 Å². The van der Waals surface area contributed by atoms with E-state index in [1.807, 2.05) is 32.0 Å². The van der Waals surface area contributed by atoms with Crippen LogP contribution >= 0.6 is 11.3 Å². The maximum absolute atomic E-state index is 13.7. The molecule has 0 saturated heterocycles. The van der Waals surface area contributed by atoms with Crippen LogP contribution in [0.25, 0.3) is 0 Å². The standard InChI is InChI=1S/C28H26FN3O4S/c1-17(2)30-27(33)23-16-37-25(31-23)15-36-21-10-7-18-11-12-32(28(34)24-4-3-13-35-24)26(22(18)14-21)19-5-8-20(29)9-6-19/h3-10,13-14,16-17,26H,11-12,15H2,1-2H3,(H,30,33)/t26-/m1/s1. The summed E-state index contributed by atoms with van der Waals surface area (Å²) < 4.78 is 25.1. The maximum atomic E-state index is 13.7. The lowest BCUT2D eigenvalue weighted by Gasteiger charge is -2.37. The number of benzene rings is 2. The van der Waals surface area contributed by atoms with Gasteiger partial charge in [0.25, 0.3) is 11.8 Å². The summed E-state index contributed by atoms with van der Waals surface area (Å²) >= 11 is 1.36. The number of carbonyl (C=O) groups is 2. The van der Waals surface area contributed by atoms with E-state index in [9.17, 15) is 14.0 Å². The van der Waals surface area contributed by atoms with Gasteiger partial charge in [-0.15, -0.1) is 11.3 Å². The number of thiazole rings is 1. The second-order valence-electron chi connectivity index (χ2n) is 9.08. The van der Waals surface area contributed by atoms with Crippen LogP contribution in [0.1, 0.15) is 62.6 Å². The normalized spacial score (nSPS) is 14.9. The minimum absolute atomic E-state index is 0.0256. The fourth-order valence-corrected chi connectivity index (χ4v) is 5.10. The topological polar surface area (TPSA) is 84.7 Å². The summed E-state index contributed by atoms with van der Waals surface area (Å²) in [7, 11) is 0. The number of aromatic nitrogens is 1. The molecule has 2 aromatic heterocycles. The van der Waals surface area contributed by atoms with Crippen LogP contribution in [-0.4, -0.2) is 34.3 Å². The molecular formula is C28H26FN3O4S. The molecule has 3 heterocycles. The highest BCUT2D eigenvalue weighted by molar-refractivity contribution is 7.09. The fourth-order valence-electron chi connectivity index (χ4n) is 4.41. The van der Waals surface area contributed by atoms with Gasteiger partial charge in [-0.1, -0.05) is 18.2 Å². The molecule has 1 N–H and O–H groups in total. The summed E-state index contributed by atoms with van der Waals surface area (Å²) in [4.78, 5) is 31.7. The van der Waals surface area contributed by atoms with Gasteiger partial charge in [-0.05, 0) is 73.4 Å². The first-order valence-electron chi connectivity index (χ1n) is 12.0. The van der Waals surface area contributed by atoms with E-state index >= 15 is 0 Å². The molecule has 2 amide bonds. The van der Waals surface area contributed by atoms with Crippen LogP contribution in [0.3, 0.4) is 0 Å². The lowest BCUT2D eigenvalue weighted by molar-refractivity contribution is 0.0661. The van der Waals surface area contributed by atoms with Crippen molar-refractivity contribution in [3.63, 3.8) is 0 Å². The Labute approximate surface area is 217 Å². The van der Waals surface area contributed by atoms with Crippen LogP contribution in [0.2, 0.25) is 0 Å². The largest absolute Gasteiger partial charge is 0.486 e. The van der Waals surface area contributed by atoms with Gasteiger partial charge in [-0.3, -0.25) is 9.59 Å². The molecule has 0 bridgehead atoms. The zero-order valence-corrected chi connectivity index (χ0v) is 21.3. The molecule has 190 valence electrons. The third-order valence-electron chi connectivity index (χ3n) is 6.09. The molecule has 7 nitrogen and oxygen atoms in total. The smallest absolute Gasteiger partial charge is 0.290 e. The molecule has 0 unspecified atom stereocenters. The number of fused-ring (bicyclic) bond motifs is 1. The van der Waals surface area contributed by atoms with E-state index < -0.39 is 6.04 Å². The predicted octanol–water partition coefficient (Wildman–Crippen LogP) is 5.38. The molecule has 9 heteroatoms. The quantitative estimate of drug-likeness (QED) is 0.354. The van der Waals surface area contributed by atoms with Crippen molar-refractivity contribution in [2.45, 2.75) is 39.0 Å². The van der Waals surface area contributed by atoms with E-state index in [1.54, 1.807) is 34.5 Å². The Morgan fingerprint density at radius 2 is 2.03 bits per heavy atom. The van der Waals surface area contributed by atoms with Crippen molar-refractivity contribution in [1.82, 2.24) is 15.2 Å². The average molecular weight is 520 g/mol. The van der Waals surface area contributed by atoms with Gasteiger partial charge in [-0.25, -0.2) is 9.37 Å². The number of nitrogens with one attached hydrogen (secondary N) is 1. The second-order valence-corrected chi connectivity index (χ2v) is 10.0. The lowest BCUT2D eigenvalue weighted by atomic mass is 9.87. The Morgan fingerprint density at radius 1 is 1.22 bits per heavy atom. The highest BCUT2D eigenvalue weighted by Gasteiger charge is 2.34. The van der Waals surface area contributed by atoms with Crippen molar-refractivity contribution < 1.29 is 23.1 Å². The number of furan rings is 1. The molecule has 37 heavy (non-hydrogen) atoms. The Bertz CT molecular complexity index is 1400. The predicted molar refractivity (Wildman–Crippen MR) is 137 cm³/mol. The molecule has 0 saturated carbocycles. The van der Waals surface area contributed by atoms with Crippen LogP contribution < -0.4 is 10.1 Å². The van der Waals surface area contributed by atoms with Crippen molar-refractivity contribution in [3.8, 4) is 5.75 Å². The van der Waals surface area contributed by atoms with Crippen LogP contribution in [-0.2, 0) is 13.0 Å². The van der Waals surface area contributed by atoms with Crippen molar-refractivity contribution in [1.29, 1.82) is 0 Å². The zero-order valence-electron chi connectivity index (χ0n) is 20.4. The Balaban J connectivity index is 1.41. The number of amides is 2. The first-order chi connectivity index (χ1) is 17.9. The van der Waals surface area contributed by atoms with Gasteiger partial charge in [0, 0.05) is 18.0 Å². The van der Waals surface area contributed by atoms with Gasteiger partial charge in [0.05, 0.1) is 12.3 Å². The van der Waals surface area contributed by atoms with Crippen molar-refractivity contribution in [2.24, 2.45) is 0 Å². The van der Waals surface area contributed by atoms with E-state index in [2.05, 4.69) is 10.3 Å². The van der Waals surface area contributed by atoms with Gasteiger partial charge < -0.3 is 19.4 Å². The Kier molecular flexibility index (Phi) is 7.05. The first-order valence-corrected chi connectivity index (χ1v) is 12.9. The first kappa shape index (κ1) is 24.7. The molecule has 1 aliphatic rings. The van der Waals surface area contributed by atoms with Crippen LogP contribution in [0.5, 0.6) is 5.75 Å². The third-order valence-corrected chi connectivity index (χ3v) is 6.91. The number of rotatable bonds is 7. The van der Waals surface area contributed by atoms with Gasteiger partial charge in [0.2, 0.25) is 0 Å². The third kappa shape index (κ3) is 5.41. The van der Waals surface area contributed by atoms with Gasteiger partial charge in [0.1, 0.15) is 28.9 Å². The van der Waals surface area contributed by atoms with Gasteiger partial charge >= 0.3 is 0 Å². The number of hydrogen-bond donors (Lipinski definition) is 1. The van der Waals surface area contributed by atoms with Crippen LogP contribution in [0.15, 0.2) is 70.7 Å². The number of ether oxygens (including phenoxy) is 1. The van der Waals surface area contributed by atoms with E-state index in [1.165, 1.54) is 29.7 Å². The fraction of sp³-hybridized carbons (Fsp3) is 0.250. The van der Waals surface area contributed by atoms with Crippen molar-refractivity contribution in [3.05, 3.63) is 105 Å². The molecule has 4 aromatic rings. The molecular weight excluding hydrogens is 493 g/mol. The molecule has 0 fully saturated rings. The number of hydrogen-bond acceptors (Lipinski definition) is 6. The highest BCUT2D eigenvalue weighted by Crippen LogP contribution is 2.38. The van der Waals surface area contributed by atoms with Crippen LogP contribution in [0.4, 0.5) is 4.39 Å². The van der Waals surface area contributed by atoms with Crippen molar-refractivity contribution >= 4 is 23.2 Å². The molecule has 0 aliphatic carbocycles. The van der Waals surface area contributed by atoms with Gasteiger partial charge in [0.15, 0.2) is 5.76 Å². The molecule has 0 radical (unpaired) electrons. The van der Waals surface area contributed by atoms with E-state index in [0.717, 1.165) is 16.7 Å².